The fraction of sp³-hybridized carbons (Fsp3) is 0.778. The zero-order valence-corrected chi connectivity index (χ0v) is 9.09. The Morgan fingerprint density at radius 1 is 1.36 bits per heavy atom. The molecule has 0 aliphatic carbocycles. The highest BCUT2D eigenvalue weighted by Crippen LogP contribution is 2.21. The molecule has 2 heteroatoms. The Labute approximate surface area is 74.9 Å². The molecule has 0 radical (unpaired) electrons. The van der Waals surface area contributed by atoms with Crippen LogP contribution in [0.15, 0.2) is 10.6 Å². The minimum Gasteiger partial charge on any atom is -0.373 e. The van der Waals surface area contributed by atoms with Crippen molar-refractivity contribution in [1.29, 1.82) is 0 Å². The summed E-state index contributed by atoms with van der Waals surface area (Å²) >= 11 is 1.83. The Hall–Kier alpha value is -0.110. The van der Waals surface area contributed by atoms with Crippen molar-refractivity contribution in [1.82, 2.24) is 4.90 Å². The van der Waals surface area contributed by atoms with E-state index in [9.17, 15) is 0 Å². The summed E-state index contributed by atoms with van der Waals surface area (Å²) in [5.41, 5.74) is 1.50. The van der Waals surface area contributed by atoms with E-state index in [4.69, 9.17) is 0 Å². The second-order valence-electron chi connectivity index (χ2n) is 2.93. The Morgan fingerprint density at radius 3 is 2.18 bits per heavy atom. The second kappa shape index (κ2) is 5.53. The van der Waals surface area contributed by atoms with E-state index >= 15 is 0 Å². The lowest BCUT2D eigenvalue weighted by atomic mass is 10.2. The maximum Gasteiger partial charge on any atom is 0.0688 e. The van der Waals surface area contributed by atoms with Crippen LogP contribution >= 0.6 is 11.8 Å². The second-order valence-corrected chi connectivity index (χ2v) is 3.73. The standard InChI is InChI=1S/C9H19NS/c1-6-7-8(2)9(11-5)10(3)4/h6-7H2,1-5H3/b9-8+. The van der Waals surface area contributed by atoms with Gasteiger partial charge in [0.2, 0.25) is 0 Å². The summed E-state index contributed by atoms with van der Waals surface area (Å²) in [6.45, 7) is 4.44. The lowest BCUT2D eigenvalue weighted by molar-refractivity contribution is 0.540. The molecule has 0 heterocycles. The van der Waals surface area contributed by atoms with E-state index in [1.807, 2.05) is 11.8 Å². The summed E-state index contributed by atoms with van der Waals surface area (Å²) in [6.07, 6.45) is 4.59. The monoisotopic (exact) mass is 173 g/mol. The maximum absolute atomic E-state index is 2.22. The van der Waals surface area contributed by atoms with E-state index < -0.39 is 0 Å². The van der Waals surface area contributed by atoms with Gasteiger partial charge in [-0.2, -0.15) is 0 Å². The quantitative estimate of drug-likeness (QED) is 0.643. The van der Waals surface area contributed by atoms with Crippen LogP contribution < -0.4 is 0 Å². The van der Waals surface area contributed by atoms with E-state index in [1.54, 1.807) is 0 Å². The van der Waals surface area contributed by atoms with Crippen molar-refractivity contribution < 1.29 is 0 Å². The topological polar surface area (TPSA) is 3.24 Å². The average molecular weight is 173 g/mol. The molecule has 0 aliphatic heterocycles. The summed E-state index contributed by atoms with van der Waals surface area (Å²) in [5, 5.41) is 1.41. The van der Waals surface area contributed by atoms with E-state index in [0.717, 1.165) is 0 Å². The molecule has 0 saturated heterocycles. The highest BCUT2D eigenvalue weighted by atomic mass is 32.2. The van der Waals surface area contributed by atoms with Crippen LogP contribution in [-0.2, 0) is 0 Å². The third kappa shape index (κ3) is 3.71. The van der Waals surface area contributed by atoms with Gasteiger partial charge in [0.05, 0.1) is 5.03 Å². The van der Waals surface area contributed by atoms with Crippen molar-refractivity contribution in [3.63, 3.8) is 0 Å². The number of thioether (sulfide) groups is 1. The predicted molar refractivity (Wildman–Crippen MR) is 54.8 cm³/mol. The Balaban J connectivity index is 4.27. The fourth-order valence-corrected chi connectivity index (χ4v) is 2.04. The number of hydrogen-bond acceptors (Lipinski definition) is 2. The van der Waals surface area contributed by atoms with Crippen LogP contribution in [0, 0.1) is 0 Å². The third-order valence-electron chi connectivity index (χ3n) is 1.59. The molecule has 11 heavy (non-hydrogen) atoms. The molecule has 0 saturated carbocycles. The van der Waals surface area contributed by atoms with Crippen molar-refractivity contribution in [2.75, 3.05) is 20.4 Å². The molecule has 0 atom stereocenters. The van der Waals surface area contributed by atoms with Gasteiger partial charge in [-0.3, -0.25) is 0 Å². The summed E-state index contributed by atoms with van der Waals surface area (Å²) in [7, 11) is 4.20. The number of rotatable bonds is 4. The molecule has 0 amide bonds. The van der Waals surface area contributed by atoms with Gasteiger partial charge < -0.3 is 4.90 Å². The summed E-state index contributed by atoms with van der Waals surface area (Å²) < 4.78 is 0. The first-order valence-electron chi connectivity index (χ1n) is 4.04. The van der Waals surface area contributed by atoms with E-state index in [1.165, 1.54) is 23.4 Å². The zero-order chi connectivity index (χ0) is 8.85. The predicted octanol–water partition coefficient (Wildman–Crippen LogP) is 2.94. The number of hydrogen-bond donors (Lipinski definition) is 0. The van der Waals surface area contributed by atoms with Crippen LogP contribution in [0.4, 0.5) is 0 Å². The largest absolute Gasteiger partial charge is 0.373 e. The SMILES string of the molecule is CCC/C(C)=C(/SC)N(C)C. The molecule has 0 aromatic heterocycles. The van der Waals surface area contributed by atoms with Gasteiger partial charge in [0.25, 0.3) is 0 Å². The first-order chi connectivity index (χ1) is 5.13. The molecular weight excluding hydrogens is 154 g/mol. The average Bonchev–Trinajstić information content (AvgIpc) is 1.88. The molecular formula is C9H19NS. The van der Waals surface area contributed by atoms with Gasteiger partial charge in [-0.1, -0.05) is 13.3 Å². The van der Waals surface area contributed by atoms with Gasteiger partial charge >= 0.3 is 0 Å². The Morgan fingerprint density at radius 2 is 1.91 bits per heavy atom. The van der Waals surface area contributed by atoms with Gasteiger partial charge in [0, 0.05) is 14.1 Å². The molecule has 0 spiro atoms. The highest BCUT2D eigenvalue weighted by Gasteiger charge is 2.01. The Kier molecular flexibility index (Phi) is 5.47. The van der Waals surface area contributed by atoms with Crippen molar-refractivity contribution in [2.24, 2.45) is 0 Å². The van der Waals surface area contributed by atoms with Gasteiger partial charge in [-0.25, -0.2) is 0 Å². The van der Waals surface area contributed by atoms with E-state index in [-0.39, 0.29) is 0 Å². The van der Waals surface area contributed by atoms with Crippen LogP contribution in [0.2, 0.25) is 0 Å². The Bertz CT molecular complexity index is 138. The third-order valence-corrected chi connectivity index (χ3v) is 2.69. The number of allylic oxidation sites excluding steroid dienone is 1. The summed E-state index contributed by atoms with van der Waals surface area (Å²) in [5.74, 6) is 0. The van der Waals surface area contributed by atoms with Crippen LogP contribution in [0.3, 0.4) is 0 Å². The smallest absolute Gasteiger partial charge is 0.0688 e. The molecule has 0 rings (SSSR count). The fourth-order valence-electron chi connectivity index (χ4n) is 1.22. The van der Waals surface area contributed by atoms with Crippen molar-refractivity contribution in [3.8, 4) is 0 Å². The van der Waals surface area contributed by atoms with Crippen molar-refractivity contribution >= 4 is 11.8 Å². The van der Waals surface area contributed by atoms with E-state index in [0.29, 0.717) is 0 Å². The maximum atomic E-state index is 2.22. The molecule has 0 fully saturated rings. The number of nitrogens with zero attached hydrogens (tertiary/aromatic N) is 1. The van der Waals surface area contributed by atoms with Crippen LogP contribution in [-0.4, -0.2) is 25.3 Å². The minimum absolute atomic E-state index is 1.22. The minimum atomic E-state index is 1.22. The molecule has 0 unspecified atom stereocenters. The molecule has 0 aromatic carbocycles. The van der Waals surface area contributed by atoms with Gasteiger partial charge in [0.15, 0.2) is 0 Å². The first-order valence-corrected chi connectivity index (χ1v) is 5.27. The first kappa shape index (κ1) is 10.9. The lowest BCUT2D eigenvalue weighted by Crippen LogP contribution is -2.10. The summed E-state index contributed by atoms with van der Waals surface area (Å²) in [4.78, 5) is 2.19. The molecule has 0 N–H and O–H groups in total. The lowest BCUT2D eigenvalue weighted by Gasteiger charge is -2.17. The van der Waals surface area contributed by atoms with Crippen molar-refractivity contribution in [2.45, 2.75) is 26.7 Å². The van der Waals surface area contributed by atoms with Gasteiger partial charge in [-0.05, 0) is 25.2 Å². The highest BCUT2D eigenvalue weighted by molar-refractivity contribution is 8.02. The molecule has 1 nitrogen and oxygen atoms in total. The van der Waals surface area contributed by atoms with Gasteiger partial charge in [-0.15, -0.1) is 11.8 Å². The molecule has 0 aromatic rings. The van der Waals surface area contributed by atoms with Crippen LogP contribution in [0.25, 0.3) is 0 Å². The van der Waals surface area contributed by atoms with Crippen molar-refractivity contribution in [3.05, 3.63) is 10.6 Å². The normalized spacial score (nSPS) is 12.8. The molecule has 0 bridgehead atoms. The van der Waals surface area contributed by atoms with Crippen LogP contribution in [0.5, 0.6) is 0 Å². The zero-order valence-electron chi connectivity index (χ0n) is 8.27. The molecule has 66 valence electrons. The van der Waals surface area contributed by atoms with Crippen LogP contribution in [0.1, 0.15) is 26.7 Å². The van der Waals surface area contributed by atoms with E-state index in [2.05, 4.69) is 39.1 Å². The van der Waals surface area contributed by atoms with Gasteiger partial charge in [0.1, 0.15) is 0 Å². The molecule has 0 aliphatic rings. The summed E-state index contributed by atoms with van der Waals surface area (Å²) in [6, 6.07) is 0.